The highest BCUT2D eigenvalue weighted by Gasteiger charge is 2.25. The van der Waals surface area contributed by atoms with E-state index in [2.05, 4.69) is 5.32 Å². The zero-order valence-corrected chi connectivity index (χ0v) is 18.8. The van der Waals surface area contributed by atoms with Gasteiger partial charge in [-0.15, -0.1) is 0 Å². The molecule has 0 spiro atoms. The zero-order chi connectivity index (χ0) is 23.0. The minimum Gasteiger partial charge on any atom is -0.492 e. The van der Waals surface area contributed by atoms with Crippen molar-refractivity contribution in [2.45, 2.75) is 11.8 Å². The van der Waals surface area contributed by atoms with Crippen LogP contribution in [0.3, 0.4) is 0 Å². The topological polar surface area (TPSA) is 111 Å². The molecule has 0 aliphatic heterocycles. The number of amides is 1. The summed E-state index contributed by atoms with van der Waals surface area (Å²) in [5, 5.41) is 2.47. The number of nitrogens with one attached hydrogen (secondary N) is 1. The lowest BCUT2D eigenvalue weighted by atomic mass is 10.2. The van der Waals surface area contributed by atoms with Crippen LogP contribution in [0.1, 0.15) is 15.9 Å². The van der Waals surface area contributed by atoms with Gasteiger partial charge in [-0.1, -0.05) is 28.2 Å². The number of hydrogen-bond donors (Lipinski definition) is 1. The van der Waals surface area contributed by atoms with E-state index in [1.54, 1.807) is 0 Å². The first-order chi connectivity index (χ1) is 14.6. The fraction of sp³-hybridized carbons (Fsp3) is 0.300. The predicted octanol–water partition coefficient (Wildman–Crippen LogP) is 2.18. The Bertz CT molecular complexity index is 1040. The van der Waals surface area contributed by atoms with Gasteiger partial charge >= 0.3 is 5.97 Å². The summed E-state index contributed by atoms with van der Waals surface area (Å²) < 4.78 is 35.8. The van der Waals surface area contributed by atoms with Crippen molar-refractivity contribution < 1.29 is 32.3 Å². The Labute approximate surface area is 185 Å². The summed E-state index contributed by atoms with van der Waals surface area (Å²) in [5.74, 6) is -0.713. The van der Waals surface area contributed by atoms with E-state index < -0.39 is 28.5 Å². The van der Waals surface area contributed by atoms with Gasteiger partial charge in [0, 0.05) is 7.05 Å². The van der Waals surface area contributed by atoms with Crippen LogP contribution in [-0.2, 0) is 24.4 Å². The first-order valence-electron chi connectivity index (χ1n) is 9.11. The Morgan fingerprint density at radius 1 is 1.16 bits per heavy atom. The third-order valence-electron chi connectivity index (χ3n) is 4.06. The molecular formula is C20H23ClN2O7S. The molecule has 11 heteroatoms. The molecule has 0 fully saturated rings. The van der Waals surface area contributed by atoms with E-state index in [0.717, 1.165) is 11.6 Å². The molecule has 0 heterocycles. The smallest absolute Gasteiger partial charge is 0.338 e. The molecule has 2 rings (SSSR count). The van der Waals surface area contributed by atoms with Gasteiger partial charge < -0.3 is 14.8 Å². The molecule has 0 aliphatic carbocycles. The quantitative estimate of drug-likeness (QED) is 0.322. The van der Waals surface area contributed by atoms with E-state index >= 15 is 0 Å². The Morgan fingerprint density at radius 3 is 2.58 bits per heavy atom. The first kappa shape index (κ1) is 24.6. The number of ether oxygens (including phenoxy) is 2. The first-order valence-corrected chi connectivity index (χ1v) is 10.9. The predicted molar refractivity (Wildman–Crippen MR) is 113 cm³/mol. The lowest BCUT2D eigenvalue weighted by molar-refractivity contribution is -0.124. The molecule has 0 unspecified atom stereocenters. The summed E-state index contributed by atoms with van der Waals surface area (Å²) in [5.41, 5.74) is 0.975. The number of halogens is 1. The molecule has 2 aromatic rings. The number of nitrogens with zero attached hydrogens (tertiary/aromatic N) is 1. The average Bonchev–Trinajstić information content (AvgIpc) is 2.74. The maximum Gasteiger partial charge on any atom is 0.338 e. The van der Waals surface area contributed by atoms with Gasteiger partial charge in [0.15, 0.2) is 6.61 Å². The van der Waals surface area contributed by atoms with E-state index in [-0.39, 0.29) is 28.6 Å². The zero-order valence-electron chi connectivity index (χ0n) is 17.3. The minimum absolute atomic E-state index is 0.0805. The third kappa shape index (κ3) is 6.93. The highest BCUT2D eigenvalue weighted by atomic mass is 35.5. The van der Waals surface area contributed by atoms with Crippen LogP contribution in [0.25, 0.3) is 0 Å². The maximum atomic E-state index is 12.4. The number of benzene rings is 2. The molecule has 1 amide bonds. The van der Waals surface area contributed by atoms with Crippen LogP contribution in [0.15, 0.2) is 47.4 Å². The molecule has 0 saturated heterocycles. The number of hydrogen-bond acceptors (Lipinski definition) is 7. The van der Waals surface area contributed by atoms with Crippen LogP contribution < -0.4 is 10.1 Å². The molecule has 2 aromatic carbocycles. The van der Waals surface area contributed by atoms with Crippen LogP contribution >= 0.6 is 11.6 Å². The molecule has 31 heavy (non-hydrogen) atoms. The Kier molecular flexibility index (Phi) is 8.81. The van der Waals surface area contributed by atoms with Crippen LogP contribution in [0, 0.1) is 6.92 Å². The summed E-state index contributed by atoms with van der Waals surface area (Å²) >= 11 is 5.95. The van der Waals surface area contributed by atoms with E-state index in [4.69, 9.17) is 25.9 Å². The van der Waals surface area contributed by atoms with Gasteiger partial charge in [-0.25, -0.2) is 13.2 Å². The number of aryl methyl sites for hydroxylation is 1. The standard InChI is InChI=1S/C20H23ClN2O7S/c1-14-5-4-6-16(11-14)29-10-9-22-19(24)13-30-20(25)15-7-8-17(21)18(12-15)31(26,27)23(2)28-3/h4-8,11-12H,9-10,13H2,1-3H3,(H,22,24). The molecule has 168 valence electrons. The normalized spacial score (nSPS) is 11.3. The van der Waals surface area contributed by atoms with E-state index in [1.165, 1.54) is 26.3 Å². The minimum atomic E-state index is -4.07. The van der Waals surface area contributed by atoms with Crippen molar-refractivity contribution in [3.8, 4) is 5.75 Å². The lowest BCUT2D eigenvalue weighted by Crippen LogP contribution is -2.32. The second kappa shape index (κ2) is 11.1. The summed E-state index contributed by atoms with van der Waals surface area (Å²) in [6.45, 7) is 1.87. The molecule has 0 radical (unpaired) electrons. The second-order valence-corrected chi connectivity index (χ2v) is 8.64. The SMILES string of the molecule is CON(C)S(=O)(=O)c1cc(C(=O)OCC(=O)NCCOc2cccc(C)c2)ccc1Cl. The molecular weight excluding hydrogens is 448 g/mol. The summed E-state index contributed by atoms with van der Waals surface area (Å²) in [7, 11) is -1.71. The Morgan fingerprint density at radius 2 is 1.90 bits per heavy atom. The van der Waals surface area contributed by atoms with Gasteiger partial charge in [0.05, 0.1) is 24.2 Å². The average molecular weight is 471 g/mol. The Balaban J connectivity index is 1.86. The van der Waals surface area contributed by atoms with Gasteiger partial charge in [0.1, 0.15) is 17.3 Å². The second-order valence-electron chi connectivity index (χ2n) is 6.33. The van der Waals surface area contributed by atoms with Crippen molar-refractivity contribution in [2.24, 2.45) is 0 Å². The summed E-state index contributed by atoms with van der Waals surface area (Å²) in [4.78, 5) is 28.4. The maximum absolute atomic E-state index is 12.4. The van der Waals surface area contributed by atoms with Crippen LogP contribution in [0.4, 0.5) is 0 Å². The van der Waals surface area contributed by atoms with Crippen molar-refractivity contribution in [1.29, 1.82) is 0 Å². The van der Waals surface area contributed by atoms with E-state index in [1.807, 2.05) is 31.2 Å². The molecule has 0 bridgehead atoms. The van der Waals surface area contributed by atoms with Crippen LogP contribution in [-0.4, -0.2) is 58.7 Å². The molecule has 0 aromatic heterocycles. The lowest BCUT2D eigenvalue weighted by Gasteiger charge is -2.15. The number of hydroxylamine groups is 1. The summed E-state index contributed by atoms with van der Waals surface area (Å²) in [6, 6.07) is 11.1. The highest BCUT2D eigenvalue weighted by molar-refractivity contribution is 7.89. The monoisotopic (exact) mass is 470 g/mol. The van der Waals surface area contributed by atoms with Gasteiger partial charge in [0.2, 0.25) is 0 Å². The number of carbonyl (C=O) groups excluding carboxylic acids is 2. The fourth-order valence-electron chi connectivity index (χ4n) is 2.39. The molecule has 0 saturated carbocycles. The number of sulfonamides is 1. The molecule has 1 N–H and O–H groups in total. The summed E-state index contributed by atoms with van der Waals surface area (Å²) in [6.07, 6.45) is 0. The molecule has 0 aliphatic rings. The van der Waals surface area contributed by atoms with Crippen molar-refractivity contribution in [3.63, 3.8) is 0 Å². The van der Waals surface area contributed by atoms with Crippen molar-refractivity contribution in [3.05, 3.63) is 58.6 Å². The van der Waals surface area contributed by atoms with Gasteiger partial charge in [-0.3, -0.25) is 9.63 Å². The Hall–Kier alpha value is -2.66. The molecule has 9 nitrogen and oxygen atoms in total. The number of esters is 1. The van der Waals surface area contributed by atoms with Crippen LogP contribution in [0.2, 0.25) is 5.02 Å². The largest absolute Gasteiger partial charge is 0.492 e. The molecule has 0 atom stereocenters. The van der Waals surface area contributed by atoms with Gasteiger partial charge in [-0.05, 0) is 42.8 Å². The number of carbonyl (C=O) groups is 2. The fourth-order valence-corrected chi connectivity index (χ4v) is 3.87. The van der Waals surface area contributed by atoms with Gasteiger partial charge in [0.25, 0.3) is 15.9 Å². The highest BCUT2D eigenvalue weighted by Crippen LogP contribution is 2.25. The van der Waals surface area contributed by atoms with Gasteiger partial charge in [-0.2, -0.15) is 0 Å². The van der Waals surface area contributed by atoms with Crippen LogP contribution in [0.5, 0.6) is 5.75 Å². The van der Waals surface area contributed by atoms with Crippen molar-refractivity contribution in [2.75, 3.05) is 33.9 Å². The van der Waals surface area contributed by atoms with Crippen molar-refractivity contribution in [1.82, 2.24) is 9.79 Å². The van der Waals surface area contributed by atoms with E-state index in [0.29, 0.717) is 10.2 Å². The third-order valence-corrected chi connectivity index (χ3v) is 6.22. The van der Waals surface area contributed by atoms with E-state index in [9.17, 15) is 18.0 Å². The van der Waals surface area contributed by atoms with Crippen molar-refractivity contribution >= 4 is 33.5 Å². The number of rotatable bonds is 10.